The maximum Gasteiger partial charge on any atom is 0.236 e. The van der Waals surface area contributed by atoms with Crippen LogP contribution in [0.1, 0.15) is 52.4 Å². The zero-order valence-corrected chi connectivity index (χ0v) is 32.1. The highest BCUT2D eigenvalue weighted by molar-refractivity contribution is 6.76. The fraction of sp³-hybridized carbons (Fsp3) is 0.632. The van der Waals surface area contributed by atoms with E-state index in [-0.39, 0.29) is 17.7 Å². The van der Waals surface area contributed by atoms with Gasteiger partial charge in [0.1, 0.15) is 48.7 Å². The summed E-state index contributed by atoms with van der Waals surface area (Å²) in [6.07, 6.45) is 13.8. The van der Waals surface area contributed by atoms with E-state index in [1.54, 1.807) is 12.7 Å². The minimum absolute atomic E-state index is 0.0254. The first-order chi connectivity index (χ1) is 24.5. The average molecular weight is 711 g/mol. The number of ether oxygens (including phenoxy) is 1. The molecule has 0 unspecified atom stereocenters. The molecule has 7 heterocycles. The molecule has 4 aromatic heterocycles. The number of anilines is 2. The minimum Gasteiger partial charge on any atom is -0.361 e. The Kier molecular flexibility index (Phi) is 9.84. The number of rotatable bonds is 8. The van der Waals surface area contributed by atoms with Crippen molar-refractivity contribution in [1.82, 2.24) is 34.4 Å². The van der Waals surface area contributed by atoms with Crippen LogP contribution in [0.2, 0.25) is 25.7 Å². The van der Waals surface area contributed by atoms with E-state index >= 15 is 0 Å². The van der Waals surface area contributed by atoms with E-state index in [9.17, 15) is 4.79 Å². The highest BCUT2D eigenvalue weighted by Crippen LogP contribution is 2.49. The van der Waals surface area contributed by atoms with Gasteiger partial charge in [-0.15, -0.1) is 0 Å². The molecule has 4 aliphatic rings. The van der Waals surface area contributed by atoms with Gasteiger partial charge in [-0.2, -0.15) is 5.26 Å². The zero-order valence-electron chi connectivity index (χ0n) is 31.1. The normalized spacial score (nSPS) is 26.2. The fourth-order valence-electron chi connectivity index (χ4n) is 9.12. The second kappa shape index (κ2) is 14.2. The lowest BCUT2D eigenvalue weighted by atomic mass is 9.75. The Morgan fingerprint density at radius 3 is 2.45 bits per heavy atom. The third kappa shape index (κ3) is 7.35. The molecule has 12 nitrogen and oxygen atoms in total. The molecule has 4 atom stereocenters. The summed E-state index contributed by atoms with van der Waals surface area (Å²) in [6, 6.07) is 7.34. The molecule has 51 heavy (non-hydrogen) atoms. The van der Waals surface area contributed by atoms with Crippen LogP contribution in [0.5, 0.6) is 0 Å². The van der Waals surface area contributed by atoms with E-state index in [1.165, 1.54) is 31.7 Å². The molecule has 13 heteroatoms. The molecule has 1 N–H and O–H groups in total. The van der Waals surface area contributed by atoms with Crippen LogP contribution in [0.3, 0.4) is 0 Å². The van der Waals surface area contributed by atoms with Crippen molar-refractivity contribution >= 4 is 47.7 Å². The maximum atomic E-state index is 12.1. The van der Waals surface area contributed by atoms with E-state index in [1.807, 2.05) is 23.2 Å². The van der Waals surface area contributed by atoms with Crippen LogP contribution < -0.4 is 9.80 Å². The lowest BCUT2D eigenvalue weighted by molar-refractivity contribution is -0.129. The lowest BCUT2D eigenvalue weighted by Crippen LogP contribution is -2.47. The molecule has 1 amide bonds. The molecule has 4 fully saturated rings. The zero-order chi connectivity index (χ0) is 35.8. The lowest BCUT2D eigenvalue weighted by Gasteiger charge is -2.43. The van der Waals surface area contributed by atoms with Crippen molar-refractivity contribution in [2.45, 2.75) is 84.8 Å². The standard InChI is InChI=1S/C21H34N4OSi.C17H20N6O/c1-21-9-5-6-17(21)7-10-24(14-21)19-18-8-11-25(20(18)23-15-22-19)16-26-12-13-27(2,3)4;1-17-9-22(16-13-3-6-19-15(13)20-11-21-16)7-4-12(17)8-23(10-17)14(24)2-5-18/h8,11,15,17H,5-7,9-10,12-14,16H2,1-4H3;3,6,11-12H,2,4,7-10H2,1H3,(H,19,20,21)/t17-,21+;12-,17+/m01/s1. The van der Waals surface area contributed by atoms with Crippen molar-refractivity contribution < 1.29 is 9.53 Å². The first kappa shape index (κ1) is 35.4. The minimum atomic E-state index is -1.05. The molecule has 8 rings (SSSR count). The Labute approximate surface area is 302 Å². The summed E-state index contributed by atoms with van der Waals surface area (Å²) in [7, 11) is -1.05. The van der Waals surface area contributed by atoms with Gasteiger partial charge in [-0.3, -0.25) is 4.79 Å². The number of carbonyl (C=O) groups is 1. The van der Waals surface area contributed by atoms with E-state index in [2.05, 4.69) is 85.0 Å². The average Bonchev–Trinajstić information content (AvgIpc) is 3.90. The van der Waals surface area contributed by atoms with E-state index < -0.39 is 8.07 Å². The molecule has 1 saturated carbocycles. The number of carbonyl (C=O) groups excluding carboxylic acids is 1. The number of amides is 1. The monoisotopic (exact) mass is 710 g/mol. The number of piperidine rings is 2. The number of nitrogens with one attached hydrogen (secondary N) is 1. The largest absolute Gasteiger partial charge is 0.361 e. The predicted octanol–water partition coefficient (Wildman–Crippen LogP) is 6.31. The molecule has 0 aromatic carbocycles. The van der Waals surface area contributed by atoms with Gasteiger partial charge in [0, 0.05) is 71.8 Å². The number of likely N-dealkylation sites (tertiary alicyclic amines) is 1. The van der Waals surface area contributed by atoms with Crippen molar-refractivity contribution in [3.05, 3.63) is 37.2 Å². The second-order valence-electron chi connectivity index (χ2n) is 17.1. The number of H-pyrrole nitrogens is 1. The third-order valence-electron chi connectivity index (χ3n) is 12.1. The summed E-state index contributed by atoms with van der Waals surface area (Å²) in [5.74, 6) is 3.40. The molecular formula is C38H54N10O2Si. The van der Waals surface area contributed by atoms with Gasteiger partial charge in [-0.05, 0) is 61.1 Å². The highest BCUT2D eigenvalue weighted by Gasteiger charge is 2.48. The molecule has 1 aliphatic carbocycles. The summed E-state index contributed by atoms with van der Waals surface area (Å²) in [6.45, 7) is 18.8. The van der Waals surface area contributed by atoms with Crippen molar-refractivity contribution in [3.63, 3.8) is 0 Å². The predicted molar refractivity (Wildman–Crippen MR) is 203 cm³/mol. The SMILES string of the molecule is C[C@]12CCC[C@H]1CCN(c1ncnc3c1ccn3COCC[Si](C)(C)C)C2.C[C@]12CN(C(=O)CC#N)C[C@H]1CCN(c1ncnc3[nH]ccc13)C2. The third-order valence-corrected chi connectivity index (χ3v) is 13.8. The molecule has 0 spiro atoms. The van der Waals surface area contributed by atoms with Crippen LogP contribution >= 0.6 is 0 Å². The molecule has 0 bridgehead atoms. The number of hydrogen-bond acceptors (Lipinski definition) is 9. The Bertz CT molecular complexity index is 1900. The van der Waals surface area contributed by atoms with Gasteiger partial charge in [0.25, 0.3) is 0 Å². The summed E-state index contributed by atoms with van der Waals surface area (Å²) < 4.78 is 8.06. The van der Waals surface area contributed by atoms with Crippen molar-refractivity contribution in [3.8, 4) is 6.07 Å². The molecule has 3 aliphatic heterocycles. The summed E-state index contributed by atoms with van der Waals surface area (Å²) in [5.41, 5.74) is 2.34. The van der Waals surface area contributed by atoms with Crippen LogP contribution in [-0.2, 0) is 16.3 Å². The van der Waals surface area contributed by atoms with Crippen molar-refractivity contribution in [2.24, 2.45) is 22.7 Å². The molecule has 3 saturated heterocycles. The summed E-state index contributed by atoms with van der Waals surface area (Å²) >= 11 is 0. The number of nitrogens with zero attached hydrogens (tertiary/aromatic N) is 9. The van der Waals surface area contributed by atoms with Crippen molar-refractivity contribution in [1.29, 1.82) is 5.26 Å². The number of aromatic amines is 1. The highest BCUT2D eigenvalue weighted by atomic mass is 28.3. The van der Waals surface area contributed by atoms with E-state index in [0.29, 0.717) is 18.1 Å². The molecule has 0 radical (unpaired) electrons. The van der Waals surface area contributed by atoms with Gasteiger partial charge in [-0.1, -0.05) is 39.9 Å². The van der Waals surface area contributed by atoms with Gasteiger partial charge in [0.05, 0.1) is 16.8 Å². The van der Waals surface area contributed by atoms with Crippen LogP contribution in [0.4, 0.5) is 11.6 Å². The van der Waals surface area contributed by atoms with Crippen LogP contribution in [0, 0.1) is 34.0 Å². The molecule has 272 valence electrons. The van der Waals surface area contributed by atoms with Crippen LogP contribution in [0.15, 0.2) is 37.2 Å². The quantitative estimate of drug-likeness (QED) is 0.165. The van der Waals surface area contributed by atoms with Gasteiger partial charge in [0.15, 0.2) is 0 Å². The van der Waals surface area contributed by atoms with Crippen molar-refractivity contribution in [2.75, 3.05) is 55.7 Å². The van der Waals surface area contributed by atoms with Gasteiger partial charge in [0.2, 0.25) is 5.91 Å². The summed E-state index contributed by atoms with van der Waals surface area (Å²) in [4.78, 5) is 39.9. The van der Waals surface area contributed by atoms with Crippen LogP contribution in [0.25, 0.3) is 22.1 Å². The fourth-order valence-corrected chi connectivity index (χ4v) is 9.88. The number of nitriles is 1. The Balaban J connectivity index is 0.000000160. The topological polar surface area (TPSA) is 132 Å². The number of fused-ring (bicyclic) bond motifs is 4. The van der Waals surface area contributed by atoms with E-state index in [4.69, 9.17) is 10.00 Å². The molecular weight excluding hydrogens is 657 g/mol. The smallest absolute Gasteiger partial charge is 0.236 e. The van der Waals surface area contributed by atoms with E-state index in [0.717, 1.165) is 91.9 Å². The second-order valence-corrected chi connectivity index (χ2v) is 22.8. The van der Waals surface area contributed by atoms with Gasteiger partial charge >= 0.3 is 0 Å². The summed E-state index contributed by atoms with van der Waals surface area (Å²) in [5, 5.41) is 11.0. The maximum absolute atomic E-state index is 12.1. The van der Waals surface area contributed by atoms with Gasteiger partial charge < -0.3 is 29.0 Å². The molecule has 4 aromatic rings. The first-order valence-corrected chi connectivity index (χ1v) is 22.5. The Hall–Kier alpha value is -4.02. The number of hydrogen-bond donors (Lipinski definition) is 1. The Morgan fingerprint density at radius 2 is 1.69 bits per heavy atom. The Morgan fingerprint density at radius 1 is 0.961 bits per heavy atom. The van der Waals surface area contributed by atoms with Gasteiger partial charge in [-0.25, -0.2) is 19.9 Å². The number of aromatic nitrogens is 6. The first-order valence-electron chi connectivity index (χ1n) is 18.8. The van der Waals surface area contributed by atoms with Crippen LogP contribution in [-0.4, -0.2) is 94.2 Å².